The van der Waals surface area contributed by atoms with Crippen molar-refractivity contribution in [3.05, 3.63) is 42.5 Å². The van der Waals surface area contributed by atoms with Gasteiger partial charge in [-0.15, -0.1) is 0 Å². The largest absolute Gasteiger partial charge is 0.490 e. The SMILES string of the molecule is C=CCOc1ccc(CC(C)(C)N2CCOCC2)cc1. The van der Waals surface area contributed by atoms with Gasteiger partial charge in [0.25, 0.3) is 0 Å². The fourth-order valence-electron chi connectivity index (χ4n) is 2.64. The van der Waals surface area contributed by atoms with E-state index in [9.17, 15) is 0 Å². The van der Waals surface area contributed by atoms with Gasteiger partial charge in [0.15, 0.2) is 0 Å². The molecule has 0 aromatic heterocycles. The Morgan fingerprint density at radius 2 is 1.90 bits per heavy atom. The number of rotatable bonds is 6. The molecule has 1 aromatic rings. The molecular formula is C17H25NO2. The van der Waals surface area contributed by atoms with Crippen molar-refractivity contribution in [1.29, 1.82) is 0 Å². The van der Waals surface area contributed by atoms with Crippen LogP contribution in [-0.4, -0.2) is 43.3 Å². The lowest BCUT2D eigenvalue weighted by Gasteiger charge is -2.41. The lowest BCUT2D eigenvalue weighted by Crippen LogP contribution is -2.51. The fourth-order valence-corrected chi connectivity index (χ4v) is 2.64. The van der Waals surface area contributed by atoms with Crippen molar-refractivity contribution in [3.63, 3.8) is 0 Å². The third kappa shape index (κ3) is 4.09. The van der Waals surface area contributed by atoms with Gasteiger partial charge in [0.1, 0.15) is 12.4 Å². The van der Waals surface area contributed by atoms with Crippen LogP contribution in [0.15, 0.2) is 36.9 Å². The summed E-state index contributed by atoms with van der Waals surface area (Å²) < 4.78 is 10.9. The number of benzene rings is 1. The first kappa shape index (κ1) is 15.1. The van der Waals surface area contributed by atoms with Crippen molar-refractivity contribution >= 4 is 0 Å². The summed E-state index contributed by atoms with van der Waals surface area (Å²) in [5.74, 6) is 0.901. The standard InChI is InChI=1S/C17H25NO2/c1-4-11-20-16-7-5-15(6-8-16)14-17(2,3)18-9-12-19-13-10-18/h4-8H,1,9-14H2,2-3H3. The van der Waals surface area contributed by atoms with Crippen molar-refractivity contribution < 1.29 is 9.47 Å². The predicted octanol–water partition coefficient (Wildman–Crippen LogP) is 2.90. The zero-order chi connectivity index (χ0) is 14.4. The molecule has 0 N–H and O–H groups in total. The first-order chi connectivity index (χ1) is 9.62. The second-order valence-electron chi connectivity index (χ2n) is 5.83. The normalized spacial score (nSPS) is 16.9. The first-order valence-electron chi connectivity index (χ1n) is 7.27. The molecule has 0 saturated carbocycles. The van der Waals surface area contributed by atoms with Gasteiger partial charge >= 0.3 is 0 Å². The van der Waals surface area contributed by atoms with Crippen LogP contribution in [0, 0.1) is 0 Å². The van der Waals surface area contributed by atoms with E-state index < -0.39 is 0 Å². The van der Waals surface area contributed by atoms with Crippen LogP contribution in [0.3, 0.4) is 0 Å². The summed E-state index contributed by atoms with van der Waals surface area (Å²) >= 11 is 0. The predicted molar refractivity (Wildman–Crippen MR) is 82.3 cm³/mol. The number of hydrogen-bond acceptors (Lipinski definition) is 3. The molecule has 0 spiro atoms. The van der Waals surface area contributed by atoms with Crippen molar-refractivity contribution in [1.82, 2.24) is 4.90 Å². The molecule has 1 fully saturated rings. The van der Waals surface area contributed by atoms with Gasteiger partial charge < -0.3 is 9.47 Å². The maximum Gasteiger partial charge on any atom is 0.119 e. The van der Waals surface area contributed by atoms with E-state index in [4.69, 9.17) is 9.47 Å². The Morgan fingerprint density at radius 3 is 2.50 bits per heavy atom. The molecule has 1 aliphatic rings. The molecule has 0 bridgehead atoms. The first-order valence-corrected chi connectivity index (χ1v) is 7.27. The summed E-state index contributed by atoms with van der Waals surface area (Å²) in [5.41, 5.74) is 1.50. The van der Waals surface area contributed by atoms with Crippen LogP contribution in [0.4, 0.5) is 0 Å². The maximum absolute atomic E-state index is 5.51. The van der Waals surface area contributed by atoms with Gasteiger partial charge in [-0.05, 0) is 38.0 Å². The lowest BCUT2D eigenvalue weighted by molar-refractivity contribution is -0.00984. The van der Waals surface area contributed by atoms with E-state index in [1.54, 1.807) is 6.08 Å². The van der Waals surface area contributed by atoms with Gasteiger partial charge in [0, 0.05) is 18.6 Å². The zero-order valence-corrected chi connectivity index (χ0v) is 12.6. The molecule has 1 aromatic carbocycles. The van der Waals surface area contributed by atoms with Crippen LogP contribution in [-0.2, 0) is 11.2 Å². The molecule has 1 heterocycles. The van der Waals surface area contributed by atoms with E-state index in [-0.39, 0.29) is 5.54 Å². The number of nitrogens with zero attached hydrogens (tertiary/aromatic N) is 1. The molecule has 2 rings (SSSR count). The summed E-state index contributed by atoms with van der Waals surface area (Å²) in [5, 5.41) is 0. The minimum absolute atomic E-state index is 0.160. The van der Waals surface area contributed by atoms with E-state index in [0.717, 1.165) is 38.5 Å². The van der Waals surface area contributed by atoms with E-state index in [0.29, 0.717) is 6.61 Å². The van der Waals surface area contributed by atoms with Crippen LogP contribution in [0.25, 0.3) is 0 Å². The van der Waals surface area contributed by atoms with Crippen molar-refractivity contribution in [3.8, 4) is 5.75 Å². The average molecular weight is 275 g/mol. The van der Waals surface area contributed by atoms with Crippen molar-refractivity contribution in [2.24, 2.45) is 0 Å². The van der Waals surface area contributed by atoms with Gasteiger partial charge in [-0.25, -0.2) is 0 Å². The monoisotopic (exact) mass is 275 g/mol. The second kappa shape index (κ2) is 6.91. The van der Waals surface area contributed by atoms with E-state index in [1.165, 1.54) is 5.56 Å². The van der Waals surface area contributed by atoms with Crippen molar-refractivity contribution in [2.45, 2.75) is 25.8 Å². The Bertz CT molecular complexity index is 419. The van der Waals surface area contributed by atoms with Gasteiger partial charge in [0.2, 0.25) is 0 Å². The Balaban J connectivity index is 1.95. The molecule has 0 unspecified atom stereocenters. The highest BCUT2D eigenvalue weighted by Gasteiger charge is 2.28. The summed E-state index contributed by atoms with van der Waals surface area (Å²) in [7, 11) is 0. The average Bonchev–Trinajstić information content (AvgIpc) is 2.47. The van der Waals surface area contributed by atoms with Crippen LogP contribution in [0.1, 0.15) is 19.4 Å². The van der Waals surface area contributed by atoms with Crippen molar-refractivity contribution in [2.75, 3.05) is 32.9 Å². The zero-order valence-electron chi connectivity index (χ0n) is 12.6. The molecule has 3 heteroatoms. The quantitative estimate of drug-likeness (QED) is 0.745. The maximum atomic E-state index is 5.51. The Kier molecular flexibility index (Phi) is 5.21. The highest BCUT2D eigenvalue weighted by Crippen LogP contribution is 2.23. The van der Waals surface area contributed by atoms with Crippen LogP contribution >= 0.6 is 0 Å². The number of ether oxygens (including phenoxy) is 2. The summed E-state index contributed by atoms with van der Waals surface area (Å²) in [6.07, 6.45) is 2.80. The smallest absolute Gasteiger partial charge is 0.119 e. The lowest BCUT2D eigenvalue weighted by atomic mass is 9.92. The molecule has 3 nitrogen and oxygen atoms in total. The number of hydrogen-bond donors (Lipinski definition) is 0. The van der Waals surface area contributed by atoms with Crippen LogP contribution in [0.2, 0.25) is 0 Å². The Morgan fingerprint density at radius 1 is 1.25 bits per heavy atom. The molecule has 0 aliphatic carbocycles. The third-order valence-electron chi connectivity index (χ3n) is 3.80. The highest BCUT2D eigenvalue weighted by atomic mass is 16.5. The molecule has 20 heavy (non-hydrogen) atoms. The van der Waals surface area contributed by atoms with E-state index in [2.05, 4.69) is 37.5 Å². The fraction of sp³-hybridized carbons (Fsp3) is 0.529. The molecule has 0 radical (unpaired) electrons. The Hall–Kier alpha value is -1.32. The third-order valence-corrected chi connectivity index (χ3v) is 3.80. The van der Waals surface area contributed by atoms with Crippen LogP contribution in [0.5, 0.6) is 5.75 Å². The summed E-state index contributed by atoms with van der Waals surface area (Å²) in [4.78, 5) is 2.51. The topological polar surface area (TPSA) is 21.7 Å². The van der Waals surface area contributed by atoms with Gasteiger partial charge in [-0.2, -0.15) is 0 Å². The second-order valence-corrected chi connectivity index (χ2v) is 5.83. The summed E-state index contributed by atoms with van der Waals surface area (Å²) in [6, 6.07) is 8.38. The van der Waals surface area contributed by atoms with Crippen LogP contribution < -0.4 is 4.74 Å². The molecular weight excluding hydrogens is 250 g/mol. The molecule has 110 valence electrons. The summed E-state index contributed by atoms with van der Waals surface area (Å²) in [6.45, 7) is 12.6. The number of morpholine rings is 1. The van der Waals surface area contributed by atoms with E-state index in [1.807, 2.05) is 12.1 Å². The Labute approximate surface area is 122 Å². The minimum atomic E-state index is 0.160. The highest BCUT2D eigenvalue weighted by molar-refractivity contribution is 5.28. The molecule has 1 saturated heterocycles. The van der Waals surface area contributed by atoms with Gasteiger partial charge in [-0.1, -0.05) is 24.8 Å². The molecule has 0 atom stereocenters. The van der Waals surface area contributed by atoms with Gasteiger partial charge in [-0.3, -0.25) is 4.90 Å². The van der Waals surface area contributed by atoms with E-state index >= 15 is 0 Å². The van der Waals surface area contributed by atoms with Gasteiger partial charge in [0.05, 0.1) is 13.2 Å². The molecule has 0 amide bonds. The minimum Gasteiger partial charge on any atom is -0.490 e. The molecule has 1 aliphatic heterocycles.